The second kappa shape index (κ2) is 48.2. The van der Waals surface area contributed by atoms with Gasteiger partial charge in [-0.15, -0.1) is 69.4 Å². The SMILES string of the molecule is Cc1cc(-c2ccccc2)n(-c2ccccc2)c1C.Cc1cc(-c2ccccc2)sc1C.Cc1cc(C)n(C(F)(F)F)n1.Cc1ccc(C)s1.Cc1ccc2c(c1)C(c1ccccc1)(c1ccccc1)c1cc(C)ccc1-2.Cc1ccc2c(c1)Cc1cc(C)ccc1-2.Cc1ccc2oc3ccc(C)cc3c2c1.Cc1nc(-c2ccccc2)n(-c2ccccc2)c1C.Cc1nnc(C)n1-c1ccccc1.Cc1nnc(C)n1C(F)(F)F. The number of alkyl halides is 6. The molecular formula is C130H125F6N11OS2. The number of rotatable bonds is 8. The highest BCUT2D eigenvalue weighted by Gasteiger charge is 2.46. The number of hydrogen-bond donors (Lipinski definition) is 0. The van der Waals surface area contributed by atoms with E-state index < -0.39 is 12.6 Å². The van der Waals surface area contributed by atoms with Gasteiger partial charge in [-0.1, -0.05) is 325 Å². The molecule has 0 N–H and O–H groups in total. The molecule has 0 atom stereocenters. The smallest absolute Gasteiger partial charge is 0.456 e. The third kappa shape index (κ3) is 25.6. The summed E-state index contributed by atoms with van der Waals surface area (Å²) in [5, 5.41) is 20.3. The average Bonchev–Trinajstić information content (AvgIpc) is 1.53. The number of halogens is 6. The van der Waals surface area contributed by atoms with E-state index in [0.717, 1.165) is 57.7 Å². The van der Waals surface area contributed by atoms with Crippen LogP contribution in [0.15, 0.2) is 387 Å². The number of hydrogen-bond acceptors (Lipinski definition) is 9. The number of fused-ring (bicyclic) bond motifs is 9. The fraction of sp³-hybridized carbons (Fsp3) is 0.185. The van der Waals surface area contributed by atoms with Gasteiger partial charge < -0.3 is 8.98 Å². The molecule has 22 aromatic rings. The topological polar surface area (TPSA) is 115 Å². The van der Waals surface area contributed by atoms with Crippen molar-refractivity contribution >= 4 is 44.6 Å². The summed E-state index contributed by atoms with van der Waals surface area (Å²) < 4.78 is 84.5. The van der Waals surface area contributed by atoms with E-state index in [2.05, 4.69) is 441 Å². The molecule has 14 aromatic carbocycles. The first kappa shape index (κ1) is 108. The zero-order valence-corrected chi connectivity index (χ0v) is 90.1. The van der Waals surface area contributed by atoms with Gasteiger partial charge in [0.2, 0.25) is 0 Å². The number of imidazole rings is 1. The van der Waals surface area contributed by atoms with Gasteiger partial charge in [-0.3, -0.25) is 9.13 Å². The van der Waals surface area contributed by atoms with Crippen LogP contribution in [0.5, 0.6) is 0 Å². The second-order valence-electron chi connectivity index (χ2n) is 37.9. The molecule has 0 fully saturated rings. The van der Waals surface area contributed by atoms with E-state index in [0.29, 0.717) is 5.69 Å². The Hall–Kier alpha value is -16.2. The molecule has 12 nitrogen and oxygen atoms in total. The maximum atomic E-state index is 12.0. The molecule has 24 rings (SSSR count). The van der Waals surface area contributed by atoms with Crippen molar-refractivity contribution in [3.8, 4) is 72.4 Å². The summed E-state index contributed by atoms with van der Waals surface area (Å²) in [6.07, 6.45) is -7.69. The van der Waals surface area contributed by atoms with Crippen molar-refractivity contribution < 1.29 is 30.8 Å². The highest BCUT2D eigenvalue weighted by atomic mass is 32.1. The van der Waals surface area contributed by atoms with E-state index in [9.17, 15) is 26.3 Å². The molecule has 0 amide bonds. The first-order valence-corrected chi connectivity index (χ1v) is 51.6. The Bertz CT molecular complexity index is 7880. The number of para-hydroxylation sites is 3. The highest BCUT2D eigenvalue weighted by molar-refractivity contribution is 7.15. The van der Waals surface area contributed by atoms with Crippen LogP contribution in [0.4, 0.5) is 26.3 Å². The number of nitrogens with zero attached hydrogens (tertiary/aromatic N) is 11. The maximum Gasteiger partial charge on any atom is 0.504 e. The van der Waals surface area contributed by atoms with Gasteiger partial charge in [-0.2, -0.15) is 9.78 Å². The van der Waals surface area contributed by atoms with Crippen molar-refractivity contribution in [1.82, 2.24) is 53.4 Å². The van der Waals surface area contributed by atoms with E-state index >= 15 is 0 Å². The minimum absolute atomic E-state index is 0.0579. The van der Waals surface area contributed by atoms with Crippen LogP contribution in [0.3, 0.4) is 0 Å². The van der Waals surface area contributed by atoms with Crippen molar-refractivity contribution in [1.29, 1.82) is 0 Å². The summed E-state index contributed by atoms with van der Waals surface area (Å²) in [7, 11) is 0. The maximum absolute atomic E-state index is 12.0. The lowest BCUT2D eigenvalue weighted by atomic mass is 9.67. The van der Waals surface area contributed by atoms with Crippen molar-refractivity contribution in [2.75, 3.05) is 0 Å². The van der Waals surface area contributed by atoms with Gasteiger partial charge in [0.25, 0.3) is 0 Å². The van der Waals surface area contributed by atoms with Crippen LogP contribution < -0.4 is 0 Å². The Kier molecular flexibility index (Phi) is 34.7. The van der Waals surface area contributed by atoms with Gasteiger partial charge in [0.1, 0.15) is 40.3 Å². The molecule has 2 aliphatic carbocycles. The van der Waals surface area contributed by atoms with Crippen LogP contribution in [0.1, 0.15) is 144 Å². The minimum atomic E-state index is -4.41. The summed E-state index contributed by atoms with van der Waals surface area (Å²) in [5.41, 5.74) is 38.7. The van der Waals surface area contributed by atoms with Crippen molar-refractivity contribution in [3.63, 3.8) is 0 Å². The van der Waals surface area contributed by atoms with E-state index in [1.165, 1.54) is 198 Å². The molecule has 8 heterocycles. The molecule has 0 saturated heterocycles. The molecule has 0 spiro atoms. The Morgan fingerprint density at radius 3 is 1.07 bits per heavy atom. The zero-order chi connectivity index (χ0) is 107. The van der Waals surface area contributed by atoms with E-state index in [4.69, 9.17) is 9.40 Å². The zero-order valence-electron chi connectivity index (χ0n) is 88.5. The number of furan rings is 1. The molecule has 760 valence electrons. The average molecular weight is 2040 g/mol. The molecule has 0 bridgehead atoms. The fourth-order valence-electron chi connectivity index (χ4n) is 19.0. The van der Waals surface area contributed by atoms with Gasteiger partial charge in [0, 0.05) is 70.0 Å². The van der Waals surface area contributed by atoms with Gasteiger partial charge >= 0.3 is 12.6 Å². The Morgan fingerprint density at radius 1 is 0.313 bits per heavy atom. The monoisotopic (exact) mass is 2030 g/mol. The second-order valence-corrected chi connectivity index (χ2v) is 40.6. The lowest BCUT2D eigenvalue weighted by Gasteiger charge is -2.34. The lowest BCUT2D eigenvalue weighted by Crippen LogP contribution is -2.28. The summed E-state index contributed by atoms with van der Waals surface area (Å²) >= 11 is 3.71. The molecule has 2 aliphatic rings. The van der Waals surface area contributed by atoms with Gasteiger partial charge in [0.05, 0.1) is 22.5 Å². The summed E-state index contributed by atoms with van der Waals surface area (Å²) in [5.74, 6) is 2.55. The van der Waals surface area contributed by atoms with Crippen LogP contribution in [-0.4, -0.2) is 53.4 Å². The molecule has 0 unspecified atom stereocenters. The van der Waals surface area contributed by atoms with Crippen molar-refractivity contribution in [3.05, 3.63) is 526 Å². The van der Waals surface area contributed by atoms with Crippen LogP contribution in [0, 0.1) is 138 Å². The third-order valence-corrected chi connectivity index (χ3v) is 28.5. The molecule has 0 aliphatic heterocycles. The number of thiophene rings is 2. The number of aromatic nitrogens is 11. The molecular weight excluding hydrogens is 1910 g/mol. The lowest BCUT2D eigenvalue weighted by molar-refractivity contribution is -0.213. The normalized spacial score (nSPS) is 11.6. The first-order valence-electron chi connectivity index (χ1n) is 50.0. The third-order valence-electron chi connectivity index (χ3n) is 26.4. The van der Waals surface area contributed by atoms with Gasteiger partial charge in [-0.25, -0.2) is 9.55 Å². The summed E-state index contributed by atoms with van der Waals surface area (Å²) in [4.78, 5) is 10.3. The van der Waals surface area contributed by atoms with E-state index in [1.54, 1.807) is 0 Å². The Morgan fingerprint density at radius 2 is 0.687 bits per heavy atom. The standard InChI is InChI=1S/C27H22.C18H17N.C17H16N2.C15H14.C14H12O.C12H12S.C10H11N3.C6H7F3N2.C6H8S.C5H6F3N3/c1-19-13-15-23-24-16-14-20(2)18-26(24)27(25(23)17-19,21-9-5-3-6-10-21)22-11-7-4-8-12-22;1-14-13-18(16-9-5-3-6-10-16)19(15(14)2)17-11-7-4-8-12-17;1-13-14(2)19(16-11-7-4-8-12-16)17(18-13)15-9-5-3-6-10-15;1-10-3-5-14-12(7-10)9-13-8-11(2)4-6-15(13)14;1-9-3-5-13-11(7-9)12-8-10(2)4-6-14(12)15-13;1-9-8-12(13-10(9)2)11-6-4-3-5-7-11;1-8-11-12-9(2)13(8)10-6-4-3-5-7-10;1-4-3-5(2)11(10-4)6(7,8)9;1-5-3-4-6(2)7-5;1-3-9-10-4(2)11(3)5(6,7)8/h3-18H,1-2H3;3-13H,1-2H3;3-12H,1-2H3;3-8H,9H2,1-2H3;3-8H,1-2H3;3-8H,1-2H3;3-7H,1-2H3;3H,1-2H3;3-4H,1-2H3;1-2H3. The molecule has 20 heteroatoms. The van der Waals surface area contributed by atoms with Crippen LogP contribution in [0.2, 0.25) is 0 Å². The Labute approximate surface area is 884 Å². The van der Waals surface area contributed by atoms with E-state index in [1.807, 2.05) is 108 Å². The minimum Gasteiger partial charge on any atom is -0.456 e. The van der Waals surface area contributed by atoms with E-state index in [-0.39, 0.29) is 32.0 Å². The van der Waals surface area contributed by atoms with Crippen molar-refractivity contribution in [2.45, 2.75) is 163 Å². The van der Waals surface area contributed by atoms with Gasteiger partial charge in [-0.05, 0) is 314 Å². The summed E-state index contributed by atoms with van der Waals surface area (Å²) in [6, 6.07) is 134. The number of benzene rings is 14. The predicted octanol–water partition coefficient (Wildman–Crippen LogP) is 35.3. The van der Waals surface area contributed by atoms with Crippen molar-refractivity contribution in [2.24, 2.45) is 0 Å². The predicted molar refractivity (Wildman–Crippen MR) is 607 cm³/mol. The van der Waals surface area contributed by atoms with Crippen LogP contribution in [0.25, 0.3) is 94.3 Å². The molecule has 0 radical (unpaired) electrons. The molecule has 0 saturated carbocycles. The summed E-state index contributed by atoms with van der Waals surface area (Å²) in [6.45, 7) is 39.3. The van der Waals surface area contributed by atoms with Crippen LogP contribution in [-0.2, 0) is 24.4 Å². The Balaban J connectivity index is 0.000000127. The fourth-order valence-corrected chi connectivity index (χ4v) is 20.8. The van der Waals surface area contributed by atoms with Crippen LogP contribution >= 0.6 is 22.7 Å². The van der Waals surface area contributed by atoms with Gasteiger partial charge in [0.15, 0.2) is 0 Å². The molecule has 8 aromatic heterocycles. The highest BCUT2D eigenvalue weighted by Crippen LogP contribution is 2.57. The molecule has 150 heavy (non-hydrogen) atoms. The largest absolute Gasteiger partial charge is 0.504 e. The first-order chi connectivity index (χ1) is 71.9. The number of aryl methyl sites for hydroxylation is 18. The quantitative estimate of drug-likeness (QED) is 0.139.